The first-order valence-corrected chi connectivity index (χ1v) is 5.32. The molecule has 0 amide bonds. The highest BCUT2D eigenvalue weighted by Gasteiger charge is 2.27. The lowest BCUT2D eigenvalue weighted by atomic mass is 10.5. The molecule has 0 aromatic carbocycles. The van der Waals surface area contributed by atoms with Gasteiger partial charge in [-0.2, -0.15) is 4.31 Å². The van der Waals surface area contributed by atoms with E-state index in [1.807, 2.05) is 0 Å². The fourth-order valence-electron chi connectivity index (χ4n) is 1.06. The van der Waals surface area contributed by atoms with Crippen LogP contribution in [0.5, 0.6) is 0 Å². The zero-order chi connectivity index (χ0) is 8.48. The van der Waals surface area contributed by atoms with Gasteiger partial charge < -0.3 is 0 Å². The molecule has 1 aliphatic heterocycles. The van der Waals surface area contributed by atoms with E-state index in [0.29, 0.717) is 18.0 Å². The largest absolute Gasteiger partial charge is 0.214 e. The Hall–Kier alpha value is -0.0600. The first-order chi connectivity index (χ1) is 5.02. The number of hydrogen-bond acceptors (Lipinski definition) is 2. The molecule has 0 radical (unpaired) electrons. The molecule has 5 heteroatoms. The van der Waals surface area contributed by atoms with Gasteiger partial charge in [0, 0.05) is 18.1 Å². The highest BCUT2D eigenvalue weighted by atomic mass is 35.5. The quantitative estimate of drug-likeness (QED) is 0.653. The Morgan fingerprint density at radius 1 is 1.64 bits per heavy atom. The molecule has 0 bridgehead atoms. The van der Waals surface area contributed by atoms with Crippen molar-refractivity contribution in [3.63, 3.8) is 0 Å². The zero-order valence-electron chi connectivity index (χ0n) is 6.09. The molecule has 1 saturated heterocycles. The lowest BCUT2D eigenvalue weighted by molar-refractivity contribution is 0.476. The number of nitrogens with zero attached hydrogens (tertiary/aromatic N) is 1. The van der Waals surface area contributed by atoms with Crippen LogP contribution in [0.3, 0.4) is 0 Å². The molecule has 0 spiro atoms. The van der Waals surface area contributed by atoms with Gasteiger partial charge in [0.25, 0.3) is 0 Å². The number of sulfonamides is 1. The minimum atomic E-state index is -2.99. The Morgan fingerprint density at radius 3 is 2.64 bits per heavy atom. The standard InChI is InChI=1S/C6H10ClNO2S/c1-6(7)5-8-3-2-4-11(8,9)10/h1-5H2. The normalized spacial score (nSPS) is 23.7. The van der Waals surface area contributed by atoms with Crippen LogP contribution >= 0.6 is 11.6 Å². The van der Waals surface area contributed by atoms with E-state index in [9.17, 15) is 8.42 Å². The van der Waals surface area contributed by atoms with Gasteiger partial charge in [0.1, 0.15) is 0 Å². The predicted octanol–water partition coefficient (Wildman–Crippen LogP) is 0.774. The summed E-state index contributed by atoms with van der Waals surface area (Å²) in [6.07, 6.45) is 0.701. The maximum Gasteiger partial charge on any atom is 0.214 e. The maximum atomic E-state index is 11.1. The van der Waals surface area contributed by atoms with E-state index < -0.39 is 10.0 Å². The molecule has 64 valence electrons. The zero-order valence-corrected chi connectivity index (χ0v) is 7.66. The topological polar surface area (TPSA) is 37.4 Å². The van der Waals surface area contributed by atoms with Crippen LogP contribution in [0.1, 0.15) is 6.42 Å². The maximum absolute atomic E-state index is 11.1. The van der Waals surface area contributed by atoms with Crippen LogP contribution in [0.25, 0.3) is 0 Å². The van der Waals surface area contributed by atoms with Crippen molar-refractivity contribution < 1.29 is 8.42 Å². The van der Waals surface area contributed by atoms with Crippen molar-refractivity contribution in [2.24, 2.45) is 0 Å². The van der Waals surface area contributed by atoms with Crippen LogP contribution in [-0.2, 0) is 10.0 Å². The van der Waals surface area contributed by atoms with Crippen LogP contribution in [-0.4, -0.2) is 31.6 Å². The van der Waals surface area contributed by atoms with Crippen molar-refractivity contribution in [3.8, 4) is 0 Å². The van der Waals surface area contributed by atoms with Gasteiger partial charge in [0.05, 0.1) is 5.75 Å². The molecular formula is C6H10ClNO2S. The van der Waals surface area contributed by atoms with E-state index >= 15 is 0 Å². The van der Waals surface area contributed by atoms with Gasteiger partial charge in [-0.15, -0.1) is 0 Å². The van der Waals surface area contributed by atoms with Crippen LogP contribution in [0.2, 0.25) is 0 Å². The third-order valence-corrected chi connectivity index (χ3v) is 3.57. The van der Waals surface area contributed by atoms with E-state index in [-0.39, 0.29) is 12.3 Å². The van der Waals surface area contributed by atoms with Gasteiger partial charge in [0.15, 0.2) is 0 Å². The van der Waals surface area contributed by atoms with E-state index in [0.717, 1.165) is 0 Å². The summed E-state index contributed by atoms with van der Waals surface area (Å²) in [7, 11) is -2.99. The average Bonchev–Trinajstić information content (AvgIpc) is 2.10. The molecule has 0 aliphatic carbocycles. The van der Waals surface area contributed by atoms with Gasteiger partial charge in [0.2, 0.25) is 10.0 Å². The summed E-state index contributed by atoms with van der Waals surface area (Å²) in [4.78, 5) is 0. The fraction of sp³-hybridized carbons (Fsp3) is 0.667. The Kier molecular flexibility index (Phi) is 2.57. The number of hydrogen-bond donors (Lipinski definition) is 0. The van der Waals surface area contributed by atoms with Crippen LogP contribution in [0, 0.1) is 0 Å². The second-order valence-electron chi connectivity index (χ2n) is 2.52. The third-order valence-electron chi connectivity index (χ3n) is 1.55. The van der Waals surface area contributed by atoms with Crippen molar-refractivity contribution in [2.75, 3.05) is 18.8 Å². The lowest BCUT2D eigenvalue weighted by Gasteiger charge is -2.11. The first-order valence-electron chi connectivity index (χ1n) is 3.33. The Morgan fingerprint density at radius 2 is 2.27 bits per heavy atom. The number of halogens is 1. The molecule has 1 heterocycles. The summed E-state index contributed by atoms with van der Waals surface area (Å²) in [5.74, 6) is 0.247. The van der Waals surface area contributed by atoms with Crippen LogP contribution in [0.4, 0.5) is 0 Å². The monoisotopic (exact) mass is 195 g/mol. The predicted molar refractivity (Wildman–Crippen MR) is 45.0 cm³/mol. The average molecular weight is 196 g/mol. The molecule has 0 atom stereocenters. The second kappa shape index (κ2) is 3.13. The molecule has 11 heavy (non-hydrogen) atoms. The molecule has 0 aromatic heterocycles. The van der Waals surface area contributed by atoms with Gasteiger partial charge in [-0.3, -0.25) is 0 Å². The minimum absolute atomic E-state index is 0.247. The van der Waals surface area contributed by atoms with Crippen LogP contribution < -0.4 is 0 Å². The highest BCUT2D eigenvalue weighted by Crippen LogP contribution is 2.15. The summed E-state index contributed by atoms with van der Waals surface area (Å²) in [5, 5.41) is 0.371. The molecule has 0 aromatic rings. The minimum Gasteiger partial charge on any atom is -0.212 e. The van der Waals surface area contributed by atoms with E-state index in [2.05, 4.69) is 6.58 Å². The van der Waals surface area contributed by atoms with Gasteiger partial charge in [-0.1, -0.05) is 18.2 Å². The Balaban J connectivity index is 2.66. The SMILES string of the molecule is C=C(Cl)CN1CCCS1(=O)=O. The molecule has 0 saturated carbocycles. The molecule has 3 nitrogen and oxygen atoms in total. The van der Waals surface area contributed by atoms with Gasteiger partial charge in [-0.05, 0) is 6.42 Å². The van der Waals surface area contributed by atoms with E-state index in [1.165, 1.54) is 4.31 Å². The fourth-order valence-corrected chi connectivity index (χ4v) is 2.79. The molecule has 0 N–H and O–H groups in total. The van der Waals surface area contributed by atoms with Gasteiger partial charge in [-0.25, -0.2) is 8.42 Å². The highest BCUT2D eigenvalue weighted by molar-refractivity contribution is 7.89. The molecule has 1 rings (SSSR count). The van der Waals surface area contributed by atoms with Crippen molar-refractivity contribution in [1.82, 2.24) is 4.31 Å². The summed E-state index contributed by atoms with van der Waals surface area (Å²) in [6.45, 7) is 4.27. The lowest BCUT2D eigenvalue weighted by Crippen LogP contribution is -2.26. The van der Waals surface area contributed by atoms with Crippen molar-refractivity contribution >= 4 is 21.6 Å². The van der Waals surface area contributed by atoms with E-state index in [4.69, 9.17) is 11.6 Å². The Labute approximate surface area is 71.7 Å². The molecule has 1 fully saturated rings. The number of rotatable bonds is 2. The summed E-state index contributed by atoms with van der Waals surface area (Å²) in [5.41, 5.74) is 0. The molecular weight excluding hydrogens is 186 g/mol. The summed E-state index contributed by atoms with van der Waals surface area (Å²) in [6, 6.07) is 0. The first kappa shape index (κ1) is 9.03. The van der Waals surface area contributed by atoms with Crippen molar-refractivity contribution in [2.45, 2.75) is 6.42 Å². The summed E-state index contributed by atoms with van der Waals surface area (Å²) >= 11 is 5.48. The van der Waals surface area contributed by atoms with Crippen LogP contribution in [0.15, 0.2) is 11.6 Å². The van der Waals surface area contributed by atoms with Crippen molar-refractivity contribution in [3.05, 3.63) is 11.6 Å². The van der Waals surface area contributed by atoms with Crippen molar-refractivity contribution in [1.29, 1.82) is 0 Å². The molecule has 0 unspecified atom stereocenters. The molecule has 1 aliphatic rings. The third kappa shape index (κ3) is 2.18. The summed E-state index contributed by atoms with van der Waals surface area (Å²) < 4.78 is 23.6. The Bertz CT molecular complexity index is 260. The second-order valence-corrected chi connectivity index (χ2v) is 5.14. The smallest absolute Gasteiger partial charge is 0.212 e. The van der Waals surface area contributed by atoms with Gasteiger partial charge >= 0.3 is 0 Å². The van der Waals surface area contributed by atoms with E-state index in [1.54, 1.807) is 0 Å².